The fourth-order valence-electron chi connectivity index (χ4n) is 1.87. The molecule has 1 amide bonds. The second-order valence-corrected chi connectivity index (χ2v) is 4.93. The first kappa shape index (κ1) is 13.6. The van der Waals surface area contributed by atoms with Crippen molar-refractivity contribution in [2.24, 2.45) is 7.05 Å². The standard InChI is InChI=1S/C14H16ClN3O/c1-10-12(8-16-18(10)3)14(19)17(2)9-11-6-4-5-7-13(11)15/h4-8H,9H2,1-3H3. The first-order chi connectivity index (χ1) is 9.00. The van der Waals surface area contributed by atoms with E-state index in [2.05, 4.69) is 5.10 Å². The van der Waals surface area contributed by atoms with Gasteiger partial charge in [0, 0.05) is 31.4 Å². The monoisotopic (exact) mass is 277 g/mol. The third kappa shape index (κ3) is 2.79. The van der Waals surface area contributed by atoms with E-state index in [4.69, 9.17) is 11.6 Å². The number of nitrogens with zero attached hydrogens (tertiary/aromatic N) is 3. The summed E-state index contributed by atoms with van der Waals surface area (Å²) < 4.78 is 1.69. The van der Waals surface area contributed by atoms with Gasteiger partial charge in [-0.3, -0.25) is 9.48 Å². The van der Waals surface area contributed by atoms with E-state index >= 15 is 0 Å². The maximum atomic E-state index is 12.3. The van der Waals surface area contributed by atoms with E-state index in [1.165, 1.54) is 0 Å². The van der Waals surface area contributed by atoms with Gasteiger partial charge in [0.15, 0.2) is 0 Å². The van der Waals surface area contributed by atoms with E-state index < -0.39 is 0 Å². The zero-order valence-corrected chi connectivity index (χ0v) is 12.0. The Morgan fingerprint density at radius 2 is 2.11 bits per heavy atom. The Labute approximate surface area is 117 Å². The van der Waals surface area contributed by atoms with E-state index in [0.717, 1.165) is 11.3 Å². The van der Waals surface area contributed by atoms with Gasteiger partial charge < -0.3 is 4.90 Å². The van der Waals surface area contributed by atoms with Crippen LogP contribution in [0.1, 0.15) is 21.6 Å². The highest BCUT2D eigenvalue weighted by Crippen LogP contribution is 2.18. The molecule has 0 radical (unpaired) electrons. The van der Waals surface area contributed by atoms with Crippen LogP contribution in [0.5, 0.6) is 0 Å². The average molecular weight is 278 g/mol. The molecule has 0 saturated carbocycles. The van der Waals surface area contributed by atoms with Gasteiger partial charge in [-0.05, 0) is 18.6 Å². The molecule has 1 heterocycles. The summed E-state index contributed by atoms with van der Waals surface area (Å²) in [5.41, 5.74) is 2.41. The molecule has 0 aliphatic heterocycles. The number of halogens is 1. The number of aryl methyl sites for hydroxylation is 1. The highest BCUT2D eigenvalue weighted by Gasteiger charge is 2.17. The van der Waals surface area contributed by atoms with E-state index in [1.807, 2.05) is 38.2 Å². The third-order valence-electron chi connectivity index (χ3n) is 3.18. The Hall–Kier alpha value is -1.81. The number of carbonyl (C=O) groups is 1. The molecular weight excluding hydrogens is 262 g/mol. The molecule has 2 rings (SSSR count). The van der Waals surface area contributed by atoms with E-state index in [0.29, 0.717) is 17.1 Å². The van der Waals surface area contributed by atoms with Gasteiger partial charge >= 0.3 is 0 Å². The van der Waals surface area contributed by atoms with Crippen LogP contribution in [0.25, 0.3) is 0 Å². The molecule has 0 saturated heterocycles. The number of hydrogen-bond donors (Lipinski definition) is 0. The van der Waals surface area contributed by atoms with Gasteiger partial charge in [0.05, 0.1) is 11.8 Å². The molecule has 1 aromatic heterocycles. The fourth-order valence-corrected chi connectivity index (χ4v) is 2.06. The molecule has 0 bridgehead atoms. The minimum atomic E-state index is -0.0504. The lowest BCUT2D eigenvalue weighted by Crippen LogP contribution is -2.26. The van der Waals surface area contributed by atoms with Gasteiger partial charge in [-0.2, -0.15) is 5.10 Å². The van der Waals surface area contributed by atoms with Crippen LogP contribution >= 0.6 is 11.6 Å². The SMILES string of the molecule is Cc1c(C(=O)N(C)Cc2ccccc2Cl)cnn1C. The molecule has 0 fully saturated rings. The van der Waals surface area contributed by atoms with Crippen molar-refractivity contribution in [3.8, 4) is 0 Å². The number of rotatable bonds is 3. The van der Waals surface area contributed by atoms with Crippen LogP contribution in [0.15, 0.2) is 30.5 Å². The number of amides is 1. The van der Waals surface area contributed by atoms with Crippen LogP contribution in [-0.4, -0.2) is 27.6 Å². The van der Waals surface area contributed by atoms with Gasteiger partial charge in [0.1, 0.15) is 0 Å². The predicted molar refractivity (Wildman–Crippen MR) is 75.2 cm³/mol. The molecule has 0 unspecified atom stereocenters. The number of hydrogen-bond acceptors (Lipinski definition) is 2. The minimum absolute atomic E-state index is 0.0504. The van der Waals surface area contributed by atoms with E-state index in [9.17, 15) is 4.79 Å². The van der Waals surface area contributed by atoms with Crippen LogP contribution < -0.4 is 0 Å². The Kier molecular flexibility index (Phi) is 3.90. The quantitative estimate of drug-likeness (QED) is 0.865. The molecule has 5 heteroatoms. The Morgan fingerprint density at radius 1 is 1.42 bits per heavy atom. The first-order valence-electron chi connectivity index (χ1n) is 5.98. The van der Waals surface area contributed by atoms with Gasteiger partial charge in [-0.25, -0.2) is 0 Å². The maximum Gasteiger partial charge on any atom is 0.257 e. The normalized spacial score (nSPS) is 10.5. The summed E-state index contributed by atoms with van der Waals surface area (Å²) >= 11 is 6.10. The molecule has 19 heavy (non-hydrogen) atoms. The Morgan fingerprint density at radius 3 is 2.68 bits per heavy atom. The van der Waals surface area contributed by atoms with Gasteiger partial charge in [-0.1, -0.05) is 29.8 Å². The molecular formula is C14H16ClN3O. The summed E-state index contributed by atoms with van der Waals surface area (Å²) in [6.45, 7) is 2.36. The third-order valence-corrected chi connectivity index (χ3v) is 3.55. The topological polar surface area (TPSA) is 38.1 Å². The van der Waals surface area contributed by atoms with Gasteiger partial charge in [-0.15, -0.1) is 0 Å². The summed E-state index contributed by atoms with van der Waals surface area (Å²) in [6, 6.07) is 7.53. The first-order valence-corrected chi connectivity index (χ1v) is 6.36. The Balaban J connectivity index is 2.17. The summed E-state index contributed by atoms with van der Waals surface area (Å²) in [5, 5.41) is 4.76. The zero-order chi connectivity index (χ0) is 14.0. The molecule has 0 N–H and O–H groups in total. The summed E-state index contributed by atoms with van der Waals surface area (Å²) in [7, 11) is 3.58. The molecule has 2 aromatic rings. The lowest BCUT2D eigenvalue weighted by molar-refractivity contribution is 0.0784. The maximum absolute atomic E-state index is 12.3. The van der Waals surface area contributed by atoms with Crippen LogP contribution in [-0.2, 0) is 13.6 Å². The number of aromatic nitrogens is 2. The summed E-state index contributed by atoms with van der Waals surface area (Å²) in [5.74, 6) is -0.0504. The smallest absolute Gasteiger partial charge is 0.257 e. The molecule has 0 aliphatic rings. The van der Waals surface area contributed by atoms with Crippen LogP contribution in [0.3, 0.4) is 0 Å². The number of carbonyl (C=O) groups excluding carboxylic acids is 1. The van der Waals surface area contributed by atoms with Crippen LogP contribution in [0.4, 0.5) is 0 Å². The molecule has 0 atom stereocenters. The molecule has 0 aliphatic carbocycles. The predicted octanol–water partition coefficient (Wildman–Crippen LogP) is 2.65. The summed E-state index contributed by atoms with van der Waals surface area (Å²) in [4.78, 5) is 14.0. The van der Waals surface area contributed by atoms with Crippen LogP contribution in [0, 0.1) is 6.92 Å². The van der Waals surface area contributed by atoms with E-state index in [-0.39, 0.29) is 5.91 Å². The number of benzene rings is 1. The van der Waals surface area contributed by atoms with Gasteiger partial charge in [0.2, 0.25) is 0 Å². The fraction of sp³-hybridized carbons (Fsp3) is 0.286. The second kappa shape index (κ2) is 5.45. The van der Waals surface area contributed by atoms with E-state index in [1.54, 1.807) is 22.8 Å². The van der Waals surface area contributed by atoms with Crippen molar-refractivity contribution in [1.82, 2.24) is 14.7 Å². The van der Waals surface area contributed by atoms with Crippen molar-refractivity contribution < 1.29 is 4.79 Å². The highest BCUT2D eigenvalue weighted by molar-refractivity contribution is 6.31. The largest absolute Gasteiger partial charge is 0.337 e. The van der Waals surface area contributed by atoms with Crippen LogP contribution in [0.2, 0.25) is 5.02 Å². The molecule has 4 nitrogen and oxygen atoms in total. The van der Waals surface area contributed by atoms with Crippen molar-refractivity contribution in [2.45, 2.75) is 13.5 Å². The Bertz CT molecular complexity index is 606. The lowest BCUT2D eigenvalue weighted by atomic mass is 10.2. The van der Waals surface area contributed by atoms with Crippen molar-refractivity contribution in [2.75, 3.05) is 7.05 Å². The summed E-state index contributed by atoms with van der Waals surface area (Å²) in [6.07, 6.45) is 1.60. The van der Waals surface area contributed by atoms with Crippen molar-refractivity contribution in [3.63, 3.8) is 0 Å². The minimum Gasteiger partial charge on any atom is -0.337 e. The average Bonchev–Trinajstić information content (AvgIpc) is 2.72. The second-order valence-electron chi connectivity index (χ2n) is 4.52. The molecule has 0 spiro atoms. The molecule has 1 aromatic carbocycles. The molecule has 100 valence electrons. The lowest BCUT2D eigenvalue weighted by Gasteiger charge is -2.17. The van der Waals surface area contributed by atoms with Crippen molar-refractivity contribution in [1.29, 1.82) is 0 Å². The van der Waals surface area contributed by atoms with Crippen molar-refractivity contribution in [3.05, 3.63) is 52.3 Å². The highest BCUT2D eigenvalue weighted by atomic mass is 35.5. The zero-order valence-electron chi connectivity index (χ0n) is 11.2. The van der Waals surface area contributed by atoms with Crippen molar-refractivity contribution >= 4 is 17.5 Å². The van der Waals surface area contributed by atoms with Gasteiger partial charge in [0.25, 0.3) is 5.91 Å².